The summed E-state index contributed by atoms with van der Waals surface area (Å²) in [5, 5.41) is 3.05. The van der Waals surface area contributed by atoms with Crippen LogP contribution >= 0.6 is 12.6 Å². The molecule has 0 aromatic rings. The normalized spacial score (nSPS) is 21.8. The molecule has 2 rings (SSSR count). The average molecular weight is 253 g/mol. The van der Waals surface area contributed by atoms with Crippen LogP contribution in [0.2, 0.25) is 0 Å². The van der Waals surface area contributed by atoms with Gasteiger partial charge in [0, 0.05) is 13.0 Å². The molecule has 17 heavy (non-hydrogen) atoms. The molecule has 2 aliphatic carbocycles. The molecule has 0 aromatic carbocycles. The van der Waals surface area contributed by atoms with Gasteiger partial charge in [0.05, 0.1) is 0 Å². The van der Waals surface area contributed by atoms with Crippen molar-refractivity contribution in [2.45, 2.75) is 51.4 Å². The fraction of sp³-hybridized carbons (Fsp3) is 0.786. The van der Waals surface area contributed by atoms with Crippen molar-refractivity contribution < 1.29 is 4.79 Å². The minimum Gasteiger partial charge on any atom is -0.356 e. The molecule has 0 spiro atoms. The van der Waals surface area contributed by atoms with Crippen LogP contribution in [0.15, 0.2) is 11.6 Å². The first kappa shape index (κ1) is 13.0. The van der Waals surface area contributed by atoms with Crippen LogP contribution in [0.25, 0.3) is 0 Å². The lowest BCUT2D eigenvalue weighted by Gasteiger charge is -2.14. The van der Waals surface area contributed by atoms with Crippen molar-refractivity contribution in [1.82, 2.24) is 5.32 Å². The Morgan fingerprint density at radius 3 is 2.82 bits per heavy atom. The van der Waals surface area contributed by atoms with Crippen molar-refractivity contribution in [3.05, 3.63) is 11.6 Å². The minimum absolute atomic E-state index is 0.216. The van der Waals surface area contributed by atoms with E-state index in [1.54, 1.807) is 0 Å². The molecule has 0 aromatic heterocycles. The predicted octanol–water partition coefficient (Wildman–Crippen LogP) is 3.09. The van der Waals surface area contributed by atoms with E-state index in [1.807, 2.05) is 0 Å². The molecule has 0 aliphatic heterocycles. The molecule has 0 unspecified atom stereocenters. The number of amides is 1. The van der Waals surface area contributed by atoms with Crippen LogP contribution in [0, 0.1) is 5.41 Å². The molecule has 2 aliphatic rings. The van der Waals surface area contributed by atoms with E-state index in [1.165, 1.54) is 44.1 Å². The van der Waals surface area contributed by atoms with Crippen LogP contribution in [-0.4, -0.2) is 18.2 Å². The van der Waals surface area contributed by atoms with Gasteiger partial charge in [-0.05, 0) is 56.1 Å². The second-order valence-electron chi connectivity index (χ2n) is 5.54. The number of allylic oxidation sites excluding steroid dienone is 1. The van der Waals surface area contributed by atoms with E-state index in [0.29, 0.717) is 6.42 Å². The summed E-state index contributed by atoms with van der Waals surface area (Å²) in [5.41, 5.74) is 1.78. The number of carbonyl (C=O) groups excluding carboxylic acids is 1. The Kier molecular flexibility index (Phi) is 4.55. The molecule has 3 heteroatoms. The lowest BCUT2D eigenvalue weighted by molar-refractivity contribution is -0.122. The monoisotopic (exact) mass is 253 g/mol. The zero-order valence-corrected chi connectivity index (χ0v) is 11.4. The molecule has 96 valence electrons. The van der Waals surface area contributed by atoms with Crippen LogP contribution in [0.1, 0.15) is 51.4 Å². The highest BCUT2D eigenvalue weighted by atomic mass is 32.1. The lowest BCUT2D eigenvalue weighted by atomic mass is 9.97. The van der Waals surface area contributed by atoms with E-state index >= 15 is 0 Å². The van der Waals surface area contributed by atoms with Crippen molar-refractivity contribution in [1.29, 1.82) is 0 Å². The number of hydrogen-bond donors (Lipinski definition) is 2. The molecule has 1 amide bonds. The first-order valence-corrected chi connectivity index (χ1v) is 7.43. The summed E-state index contributed by atoms with van der Waals surface area (Å²) in [4.78, 5) is 11.7. The summed E-state index contributed by atoms with van der Waals surface area (Å²) in [6, 6.07) is 0. The Balaban J connectivity index is 1.61. The largest absolute Gasteiger partial charge is 0.356 e. The van der Waals surface area contributed by atoms with Crippen LogP contribution < -0.4 is 5.32 Å². The summed E-state index contributed by atoms with van der Waals surface area (Å²) >= 11 is 4.32. The topological polar surface area (TPSA) is 29.1 Å². The van der Waals surface area contributed by atoms with Gasteiger partial charge in [-0.15, -0.1) is 0 Å². The van der Waals surface area contributed by atoms with Crippen LogP contribution in [0.3, 0.4) is 0 Å². The SMILES string of the molecule is O=C(CC1(CS)CC1)NCCC1=CCCCC1. The van der Waals surface area contributed by atoms with Gasteiger partial charge in [0.25, 0.3) is 0 Å². The van der Waals surface area contributed by atoms with Gasteiger partial charge in [-0.3, -0.25) is 4.79 Å². The molecule has 2 nitrogen and oxygen atoms in total. The summed E-state index contributed by atoms with van der Waals surface area (Å²) in [5.74, 6) is 1.07. The number of nitrogens with one attached hydrogen (secondary N) is 1. The molecule has 0 heterocycles. The Morgan fingerprint density at radius 2 is 2.24 bits per heavy atom. The molecular formula is C14H23NOS. The third kappa shape index (κ3) is 4.06. The standard InChI is InChI=1S/C14H23NOS/c16-13(10-14(11-17)7-8-14)15-9-6-12-4-2-1-3-5-12/h4,17H,1-3,5-11H2,(H,15,16). The highest BCUT2D eigenvalue weighted by molar-refractivity contribution is 7.80. The first-order chi connectivity index (χ1) is 8.24. The van der Waals surface area contributed by atoms with E-state index in [0.717, 1.165) is 18.7 Å². The maximum absolute atomic E-state index is 11.7. The second kappa shape index (κ2) is 5.94. The highest BCUT2D eigenvalue weighted by Gasteiger charge is 2.42. The zero-order valence-electron chi connectivity index (χ0n) is 10.5. The minimum atomic E-state index is 0.216. The number of rotatable bonds is 6. The van der Waals surface area contributed by atoms with Gasteiger partial charge < -0.3 is 5.32 Å². The van der Waals surface area contributed by atoms with Gasteiger partial charge >= 0.3 is 0 Å². The van der Waals surface area contributed by atoms with Gasteiger partial charge in [-0.2, -0.15) is 12.6 Å². The smallest absolute Gasteiger partial charge is 0.220 e. The van der Waals surface area contributed by atoms with Crippen molar-refractivity contribution in [3.8, 4) is 0 Å². The Morgan fingerprint density at radius 1 is 1.41 bits per heavy atom. The van der Waals surface area contributed by atoms with Crippen LogP contribution in [-0.2, 0) is 4.79 Å². The second-order valence-corrected chi connectivity index (χ2v) is 5.86. The number of carbonyl (C=O) groups is 1. The molecule has 0 bridgehead atoms. The van der Waals surface area contributed by atoms with Crippen molar-refractivity contribution in [2.24, 2.45) is 5.41 Å². The maximum Gasteiger partial charge on any atom is 0.220 e. The molecular weight excluding hydrogens is 230 g/mol. The lowest BCUT2D eigenvalue weighted by Crippen LogP contribution is -2.27. The molecule has 0 atom stereocenters. The van der Waals surface area contributed by atoms with Gasteiger partial charge in [0.1, 0.15) is 0 Å². The highest BCUT2D eigenvalue weighted by Crippen LogP contribution is 2.49. The quantitative estimate of drug-likeness (QED) is 0.553. The Labute approximate surface area is 110 Å². The molecule has 1 N–H and O–H groups in total. The third-order valence-electron chi connectivity index (χ3n) is 3.98. The number of hydrogen-bond acceptors (Lipinski definition) is 2. The zero-order chi connectivity index (χ0) is 12.1. The summed E-state index contributed by atoms with van der Waals surface area (Å²) < 4.78 is 0. The fourth-order valence-corrected chi connectivity index (χ4v) is 2.89. The molecule has 1 fully saturated rings. The van der Waals surface area contributed by atoms with Gasteiger partial charge in [0.15, 0.2) is 0 Å². The van der Waals surface area contributed by atoms with Gasteiger partial charge in [0.2, 0.25) is 5.91 Å². The third-order valence-corrected chi connectivity index (χ3v) is 4.65. The summed E-state index contributed by atoms with van der Waals surface area (Å²) in [7, 11) is 0. The fourth-order valence-electron chi connectivity index (χ4n) is 2.46. The first-order valence-electron chi connectivity index (χ1n) is 6.80. The molecule has 0 radical (unpaired) electrons. The number of thiol groups is 1. The Bertz CT molecular complexity index is 307. The Hall–Kier alpha value is -0.440. The summed E-state index contributed by atoms with van der Waals surface area (Å²) in [6.07, 6.45) is 11.5. The van der Waals surface area contributed by atoms with E-state index in [9.17, 15) is 4.79 Å². The van der Waals surface area contributed by atoms with Gasteiger partial charge in [-0.25, -0.2) is 0 Å². The van der Waals surface area contributed by atoms with E-state index in [2.05, 4.69) is 24.0 Å². The van der Waals surface area contributed by atoms with E-state index in [-0.39, 0.29) is 11.3 Å². The van der Waals surface area contributed by atoms with Crippen LogP contribution in [0.5, 0.6) is 0 Å². The summed E-state index contributed by atoms with van der Waals surface area (Å²) in [6.45, 7) is 0.813. The van der Waals surface area contributed by atoms with Crippen molar-refractivity contribution in [2.75, 3.05) is 12.3 Å². The maximum atomic E-state index is 11.7. The average Bonchev–Trinajstić information content (AvgIpc) is 3.11. The van der Waals surface area contributed by atoms with Crippen LogP contribution in [0.4, 0.5) is 0 Å². The molecule has 1 saturated carbocycles. The van der Waals surface area contributed by atoms with Crippen molar-refractivity contribution >= 4 is 18.5 Å². The molecule has 0 saturated heterocycles. The van der Waals surface area contributed by atoms with Crippen molar-refractivity contribution in [3.63, 3.8) is 0 Å². The van der Waals surface area contributed by atoms with E-state index < -0.39 is 0 Å². The predicted molar refractivity (Wildman–Crippen MR) is 74.3 cm³/mol. The van der Waals surface area contributed by atoms with E-state index in [4.69, 9.17) is 0 Å². The van der Waals surface area contributed by atoms with Gasteiger partial charge in [-0.1, -0.05) is 11.6 Å².